The Balaban J connectivity index is 1.76. The van der Waals surface area contributed by atoms with E-state index in [0.29, 0.717) is 40.5 Å². The van der Waals surface area contributed by atoms with E-state index in [1.54, 1.807) is 26.0 Å². The average Bonchev–Trinajstić information content (AvgIpc) is 3.01. The summed E-state index contributed by atoms with van der Waals surface area (Å²) >= 11 is 12.7. The molecule has 6 nitrogen and oxygen atoms in total. The minimum Gasteiger partial charge on any atom is -0.493 e. The Hall–Kier alpha value is -2.41. The second-order valence-electron chi connectivity index (χ2n) is 6.38. The molecule has 0 radical (unpaired) electrons. The van der Waals surface area contributed by atoms with Crippen molar-refractivity contribution in [2.45, 2.75) is 20.0 Å². The third-order valence-corrected chi connectivity index (χ3v) is 5.15. The van der Waals surface area contributed by atoms with Crippen molar-refractivity contribution in [2.75, 3.05) is 21.3 Å². The summed E-state index contributed by atoms with van der Waals surface area (Å²) < 4.78 is 17.9. The molecule has 0 saturated heterocycles. The van der Waals surface area contributed by atoms with Crippen LogP contribution in [0.2, 0.25) is 10.2 Å². The van der Waals surface area contributed by atoms with Crippen molar-refractivity contribution in [3.63, 3.8) is 0 Å². The molecular formula is C21H23Cl2N3O3. The lowest BCUT2D eigenvalue weighted by Crippen LogP contribution is -2.13. The number of halogens is 2. The molecule has 3 aromatic rings. The molecule has 0 bridgehead atoms. The van der Waals surface area contributed by atoms with Gasteiger partial charge in [0.2, 0.25) is 5.75 Å². The fraction of sp³-hybridized carbons (Fsp3) is 0.286. The first-order chi connectivity index (χ1) is 14.0. The highest BCUT2D eigenvalue weighted by molar-refractivity contribution is 6.31. The molecule has 0 spiro atoms. The maximum atomic E-state index is 6.59. The molecule has 1 heterocycles. The molecule has 154 valence electrons. The molecule has 0 fully saturated rings. The summed E-state index contributed by atoms with van der Waals surface area (Å²) in [7, 11) is 4.78. The monoisotopic (exact) mass is 435 g/mol. The molecule has 0 unspecified atom stereocenters. The zero-order chi connectivity index (χ0) is 21.0. The summed E-state index contributed by atoms with van der Waals surface area (Å²) in [6.07, 6.45) is 0. The Bertz CT molecular complexity index is 980. The molecule has 3 rings (SSSR count). The van der Waals surface area contributed by atoms with Gasteiger partial charge in [-0.3, -0.25) is 0 Å². The first kappa shape index (κ1) is 21.3. The number of rotatable bonds is 8. The van der Waals surface area contributed by atoms with Gasteiger partial charge in [0, 0.05) is 23.7 Å². The molecule has 0 aliphatic rings. The van der Waals surface area contributed by atoms with Crippen LogP contribution in [0.25, 0.3) is 5.69 Å². The molecule has 1 aromatic heterocycles. The lowest BCUT2D eigenvalue weighted by Gasteiger charge is -2.14. The number of aromatic nitrogens is 2. The molecule has 0 saturated carbocycles. The van der Waals surface area contributed by atoms with E-state index in [9.17, 15) is 0 Å². The zero-order valence-electron chi connectivity index (χ0n) is 16.8. The van der Waals surface area contributed by atoms with Crippen molar-refractivity contribution in [1.29, 1.82) is 0 Å². The maximum Gasteiger partial charge on any atom is 0.203 e. The van der Waals surface area contributed by atoms with E-state index in [0.717, 1.165) is 22.5 Å². The number of hydrogen-bond donors (Lipinski definition) is 1. The van der Waals surface area contributed by atoms with Crippen LogP contribution in [0, 0.1) is 6.92 Å². The number of hydrogen-bond acceptors (Lipinski definition) is 5. The number of aryl methyl sites for hydroxylation is 1. The summed E-state index contributed by atoms with van der Waals surface area (Å²) in [6.45, 7) is 3.08. The van der Waals surface area contributed by atoms with Gasteiger partial charge >= 0.3 is 0 Å². The molecular weight excluding hydrogens is 413 g/mol. The van der Waals surface area contributed by atoms with E-state index >= 15 is 0 Å². The van der Waals surface area contributed by atoms with Crippen LogP contribution in [0.1, 0.15) is 16.8 Å². The summed E-state index contributed by atoms with van der Waals surface area (Å²) in [4.78, 5) is 0. The van der Waals surface area contributed by atoms with Crippen LogP contribution in [0.5, 0.6) is 17.2 Å². The Morgan fingerprint density at radius 2 is 1.66 bits per heavy atom. The van der Waals surface area contributed by atoms with Gasteiger partial charge in [0.05, 0.1) is 32.7 Å². The topological polar surface area (TPSA) is 57.5 Å². The van der Waals surface area contributed by atoms with E-state index < -0.39 is 0 Å². The van der Waals surface area contributed by atoms with Gasteiger partial charge in [0.25, 0.3) is 0 Å². The highest BCUT2D eigenvalue weighted by Gasteiger charge is 2.16. The van der Waals surface area contributed by atoms with Crippen molar-refractivity contribution >= 4 is 23.2 Å². The molecule has 0 amide bonds. The van der Waals surface area contributed by atoms with Crippen LogP contribution in [0.4, 0.5) is 0 Å². The highest BCUT2D eigenvalue weighted by Crippen LogP contribution is 2.38. The van der Waals surface area contributed by atoms with E-state index in [4.69, 9.17) is 37.4 Å². The van der Waals surface area contributed by atoms with E-state index in [1.807, 2.05) is 43.3 Å². The Morgan fingerprint density at radius 3 is 2.24 bits per heavy atom. The third kappa shape index (κ3) is 4.61. The van der Waals surface area contributed by atoms with Crippen LogP contribution >= 0.6 is 23.2 Å². The Labute approximate surface area is 180 Å². The molecule has 2 aromatic carbocycles. The van der Waals surface area contributed by atoms with Crippen molar-refractivity contribution in [1.82, 2.24) is 15.1 Å². The fourth-order valence-corrected chi connectivity index (χ4v) is 3.60. The molecule has 0 atom stereocenters. The smallest absolute Gasteiger partial charge is 0.203 e. The average molecular weight is 436 g/mol. The number of nitrogens with zero attached hydrogens (tertiary/aromatic N) is 2. The summed E-state index contributed by atoms with van der Waals surface area (Å²) in [6, 6.07) is 11.3. The van der Waals surface area contributed by atoms with Gasteiger partial charge in [0.15, 0.2) is 11.5 Å². The fourth-order valence-electron chi connectivity index (χ4n) is 3.08. The summed E-state index contributed by atoms with van der Waals surface area (Å²) in [5.41, 5.74) is 3.60. The summed E-state index contributed by atoms with van der Waals surface area (Å²) in [5.74, 6) is 1.80. The van der Waals surface area contributed by atoms with Crippen LogP contribution in [0.3, 0.4) is 0 Å². The molecule has 0 aliphatic carbocycles. The van der Waals surface area contributed by atoms with Gasteiger partial charge in [-0.15, -0.1) is 0 Å². The number of ether oxygens (including phenoxy) is 3. The number of benzene rings is 2. The second kappa shape index (κ2) is 9.39. The third-order valence-electron chi connectivity index (χ3n) is 4.53. The normalized spacial score (nSPS) is 10.8. The molecule has 8 heteroatoms. The molecule has 0 aliphatic heterocycles. The van der Waals surface area contributed by atoms with Crippen LogP contribution in [-0.4, -0.2) is 31.1 Å². The Morgan fingerprint density at radius 1 is 0.966 bits per heavy atom. The SMILES string of the molecule is COc1cc(CNCc2c(C)nn(-c3cccc(Cl)c3)c2Cl)cc(OC)c1OC. The van der Waals surface area contributed by atoms with Gasteiger partial charge < -0.3 is 19.5 Å². The standard InChI is InChI=1S/C21H23Cl2N3O3/c1-13-17(21(23)26(25-13)16-7-5-6-15(22)10-16)12-24-11-14-8-18(27-2)20(29-4)19(9-14)28-3/h5-10,24H,11-12H2,1-4H3. The first-order valence-corrected chi connectivity index (χ1v) is 9.73. The lowest BCUT2D eigenvalue weighted by molar-refractivity contribution is 0.323. The Kier molecular flexibility index (Phi) is 6.90. The lowest BCUT2D eigenvalue weighted by atomic mass is 10.1. The quantitative estimate of drug-likeness (QED) is 0.550. The predicted octanol–water partition coefficient (Wildman–Crippen LogP) is 4.80. The number of nitrogens with one attached hydrogen (secondary N) is 1. The predicted molar refractivity (Wildman–Crippen MR) is 115 cm³/mol. The van der Waals surface area contributed by atoms with E-state index in [2.05, 4.69) is 10.4 Å². The van der Waals surface area contributed by atoms with Gasteiger partial charge in [-0.2, -0.15) is 5.10 Å². The zero-order valence-corrected chi connectivity index (χ0v) is 18.3. The van der Waals surface area contributed by atoms with Crippen LogP contribution < -0.4 is 19.5 Å². The minimum absolute atomic E-state index is 0.557. The largest absolute Gasteiger partial charge is 0.493 e. The summed E-state index contributed by atoms with van der Waals surface area (Å²) in [5, 5.41) is 9.15. The van der Waals surface area contributed by atoms with Crippen molar-refractivity contribution in [3.8, 4) is 22.9 Å². The maximum absolute atomic E-state index is 6.59. The van der Waals surface area contributed by atoms with Crippen molar-refractivity contribution < 1.29 is 14.2 Å². The highest BCUT2D eigenvalue weighted by atomic mass is 35.5. The molecule has 29 heavy (non-hydrogen) atoms. The van der Waals surface area contributed by atoms with Crippen molar-refractivity contribution in [3.05, 3.63) is 63.4 Å². The van der Waals surface area contributed by atoms with Crippen LogP contribution in [-0.2, 0) is 13.1 Å². The van der Waals surface area contributed by atoms with Gasteiger partial charge in [-0.1, -0.05) is 29.3 Å². The number of methoxy groups -OCH3 is 3. The van der Waals surface area contributed by atoms with E-state index in [-0.39, 0.29) is 0 Å². The van der Waals surface area contributed by atoms with Gasteiger partial charge in [-0.05, 0) is 42.8 Å². The minimum atomic E-state index is 0.557. The molecule has 1 N–H and O–H groups in total. The first-order valence-electron chi connectivity index (χ1n) is 8.98. The van der Waals surface area contributed by atoms with Gasteiger partial charge in [-0.25, -0.2) is 4.68 Å². The van der Waals surface area contributed by atoms with Crippen molar-refractivity contribution in [2.24, 2.45) is 0 Å². The van der Waals surface area contributed by atoms with Crippen LogP contribution in [0.15, 0.2) is 36.4 Å². The second-order valence-corrected chi connectivity index (χ2v) is 7.18. The van der Waals surface area contributed by atoms with Gasteiger partial charge in [0.1, 0.15) is 5.15 Å². The van der Waals surface area contributed by atoms with E-state index in [1.165, 1.54) is 0 Å².